The van der Waals surface area contributed by atoms with Gasteiger partial charge in [-0.3, -0.25) is 4.98 Å². The van der Waals surface area contributed by atoms with Gasteiger partial charge in [0.25, 0.3) is 0 Å². The van der Waals surface area contributed by atoms with Crippen LogP contribution in [0.5, 0.6) is 0 Å². The molecule has 5 nitrogen and oxygen atoms in total. The van der Waals surface area contributed by atoms with E-state index in [0.29, 0.717) is 5.82 Å². The Morgan fingerprint density at radius 2 is 1.46 bits per heavy atom. The molecule has 4 aromatic rings. The molecule has 0 amide bonds. The molecule has 0 atom stereocenters. The summed E-state index contributed by atoms with van der Waals surface area (Å²) < 4.78 is 23.4. The fraction of sp³-hybridized carbons (Fsp3) is 0.0500. The van der Waals surface area contributed by atoms with Gasteiger partial charge in [0.15, 0.2) is 15.7 Å². The average molecular weight is 361 g/mol. The fourth-order valence-corrected chi connectivity index (χ4v) is 3.42. The molecule has 4 rings (SSSR count). The van der Waals surface area contributed by atoms with Crippen LogP contribution in [-0.4, -0.2) is 29.6 Å². The predicted molar refractivity (Wildman–Crippen MR) is 101 cm³/mol. The van der Waals surface area contributed by atoms with Crippen LogP contribution >= 0.6 is 0 Å². The second-order valence-corrected chi connectivity index (χ2v) is 7.96. The van der Waals surface area contributed by atoms with Gasteiger partial charge in [0.2, 0.25) is 0 Å². The number of nitrogens with zero attached hydrogens (tertiary/aromatic N) is 3. The minimum Gasteiger partial charge on any atom is -0.265 e. The van der Waals surface area contributed by atoms with E-state index in [0.717, 1.165) is 27.7 Å². The van der Waals surface area contributed by atoms with E-state index < -0.39 is 9.84 Å². The van der Waals surface area contributed by atoms with Crippen molar-refractivity contribution in [3.8, 4) is 22.6 Å². The lowest BCUT2D eigenvalue weighted by molar-refractivity contribution is 0.602. The van der Waals surface area contributed by atoms with E-state index in [1.807, 2.05) is 36.4 Å². The molecule has 0 aliphatic rings. The van der Waals surface area contributed by atoms with Crippen molar-refractivity contribution in [1.29, 1.82) is 0 Å². The quantitative estimate of drug-likeness (QED) is 0.555. The predicted octanol–water partition coefficient (Wildman–Crippen LogP) is 3.76. The first kappa shape index (κ1) is 16.4. The van der Waals surface area contributed by atoms with Gasteiger partial charge in [-0.05, 0) is 30.3 Å². The van der Waals surface area contributed by atoms with Gasteiger partial charge in [-0.2, -0.15) is 0 Å². The van der Waals surface area contributed by atoms with Crippen LogP contribution in [-0.2, 0) is 9.84 Å². The molecule has 0 aliphatic carbocycles. The normalized spacial score (nSPS) is 11.6. The lowest BCUT2D eigenvalue weighted by Crippen LogP contribution is -1.98. The van der Waals surface area contributed by atoms with Crippen LogP contribution in [0.4, 0.5) is 0 Å². The lowest BCUT2D eigenvalue weighted by atomic mass is 10.1. The molecule has 0 fully saturated rings. The Morgan fingerprint density at radius 3 is 2.15 bits per heavy atom. The number of benzene rings is 2. The second kappa shape index (κ2) is 6.31. The first-order valence-corrected chi connectivity index (χ1v) is 9.89. The standard InChI is InChI=1S/C20H15N3O2S/c1-26(24,25)16-8-6-14(7-9-16)19-17-4-2-3-5-18(17)22-20(23-19)15-10-12-21-13-11-15/h2-13H,1H3. The number of para-hydroxylation sites is 1. The molecule has 6 heteroatoms. The molecule has 2 aromatic heterocycles. The first-order valence-electron chi connectivity index (χ1n) is 8.00. The van der Waals surface area contributed by atoms with Crippen molar-refractivity contribution in [3.63, 3.8) is 0 Å². The van der Waals surface area contributed by atoms with Crippen molar-refractivity contribution in [2.24, 2.45) is 0 Å². The van der Waals surface area contributed by atoms with Crippen LogP contribution in [0.2, 0.25) is 0 Å². The first-order chi connectivity index (χ1) is 12.5. The molecule has 2 aromatic carbocycles. The van der Waals surface area contributed by atoms with E-state index in [1.165, 1.54) is 6.26 Å². The van der Waals surface area contributed by atoms with Crippen LogP contribution in [0.15, 0.2) is 78.0 Å². The largest absolute Gasteiger partial charge is 0.265 e. The molecule has 0 bridgehead atoms. The Kier molecular flexibility index (Phi) is 3.97. The maximum Gasteiger partial charge on any atom is 0.175 e. The SMILES string of the molecule is CS(=O)(=O)c1ccc(-c2nc(-c3ccncc3)nc3ccccc23)cc1. The summed E-state index contributed by atoms with van der Waals surface area (Å²) in [6.45, 7) is 0. The van der Waals surface area contributed by atoms with E-state index in [-0.39, 0.29) is 4.90 Å². The second-order valence-electron chi connectivity index (χ2n) is 5.95. The van der Waals surface area contributed by atoms with Crippen molar-refractivity contribution in [2.45, 2.75) is 4.90 Å². The van der Waals surface area contributed by atoms with Crippen molar-refractivity contribution in [2.75, 3.05) is 6.26 Å². The Morgan fingerprint density at radius 1 is 0.769 bits per heavy atom. The van der Waals surface area contributed by atoms with E-state index in [2.05, 4.69) is 9.97 Å². The molecule has 0 radical (unpaired) electrons. The average Bonchev–Trinajstić information content (AvgIpc) is 2.67. The topological polar surface area (TPSA) is 72.8 Å². The zero-order chi connectivity index (χ0) is 18.1. The summed E-state index contributed by atoms with van der Waals surface area (Å²) in [4.78, 5) is 13.7. The van der Waals surface area contributed by atoms with Crippen LogP contribution in [0.25, 0.3) is 33.5 Å². The van der Waals surface area contributed by atoms with Gasteiger partial charge < -0.3 is 0 Å². The molecule has 26 heavy (non-hydrogen) atoms. The number of hydrogen-bond acceptors (Lipinski definition) is 5. The maximum atomic E-state index is 11.7. The molecular formula is C20H15N3O2S. The molecule has 0 spiro atoms. The molecule has 0 N–H and O–H groups in total. The van der Waals surface area contributed by atoms with Crippen LogP contribution in [0.1, 0.15) is 0 Å². The van der Waals surface area contributed by atoms with Gasteiger partial charge in [-0.25, -0.2) is 18.4 Å². The Hall–Kier alpha value is -3.12. The van der Waals surface area contributed by atoms with Crippen molar-refractivity contribution in [3.05, 3.63) is 73.1 Å². The van der Waals surface area contributed by atoms with E-state index in [4.69, 9.17) is 4.98 Å². The summed E-state index contributed by atoms with van der Waals surface area (Å²) in [6.07, 6.45) is 4.60. The summed E-state index contributed by atoms with van der Waals surface area (Å²) in [7, 11) is -3.24. The van der Waals surface area contributed by atoms with Gasteiger partial charge in [0.05, 0.1) is 16.1 Å². The zero-order valence-corrected chi connectivity index (χ0v) is 14.8. The monoisotopic (exact) mass is 361 g/mol. The number of sulfone groups is 1. The third kappa shape index (κ3) is 3.07. The summed E-state index contributed by atoms with van der Waals surface area (Å²) in [5.74, 6) is 0.605. The van der Waals surface area contributed by atoms with Crippen molar-refractivity contribution < 1.29 is 8.42 Å². The van der Waals surface area contributed by atoms with Gasteiger partial charge in [0, 0.05) is 35.2 Å². The molecule has 128 valence electrons. The highest BCUT2D eigenvalue weighted by Crippen LogP contribution is 2.29. The minimum atomic E-state index is -3.24. The van der Waals surface area contributed by atoms with Crippen LogP contribution in [0.3, 0.4) is 0 Å². The summed E-state index contributed by atoms with van der Waals surface area (Å²) in [5.41, 5.74) is 3.31. The third-order valence-corrected chi connectivity index (χ3v) is 5.23. The fourth-order valence-electron chi connectivity index (χ4n) is 2.79. The lowest BCUT2D eigenvalue weighted by Gasteiger charge is -2.09. The minimum absolute atomic E-state index is 0.286. The van der Waals surface area contributed by atoms with Crippen molar-refractivity contribution in [1.82, 2.24) is 15.0 Å². The maximum absolute atomic E-state index is 11.7. The Balaban J connectivity index is 1.94. The summed E-state index contributed by atoms with van der Waals surface area (Å²) in [6, 6.07) is 18.3. The molecule has 0 aliphatic heterocycles. The van der Waals surface area contributed by atoms with Crippen molar-refractivity contribution >= 4 is 20.7 Å². The number of hydrogen-bond donors (Lipinski definition) is 0. The molecular weight excluding hydrogens is 346 g/mol. The number of pyridine rings is 1. The number of aromatic nitrogens is 3. The van der Waals surface area contributed by atoms with E-state index >= 15 is 0 Å². The van der Waals surface area contributed by atoms with E-state index in [1.54, 1.807) is 36.7 Å². The van der Waals surface area contributed by atoms with Gasteiger partial charge in [-0.15, -0.1) is 0 Å². The summed E-state index contributed by atoms with van der Waals surface area (Å²) in [5, 5.41) is 0.914. The summed E-state index contributed by atoms with van der Waals surface area (Å²) >= 11 is 0. The third-order valence-electron chi connectivity index (χ3n) is 4.10. The number of rotatable bonds is 3. The van der Waals surface area contributed by atoms with Gasteiger partial charge in [0.1, 0.15) is 0 Å². The van der Waals surface area contributed by atoms with Crippen LogP contribution in [0, 0.1) is 0 Å². The molecule has 0 unspecified atom stereocenters. The highest BCUT2D eigenvalue weighted by molar-refractivity contribution is 7.90. The smallest absolute Gasteiger partial charge is 0.175 e. The van der Waals surface area contributed by atoms with Crippen LogP contribution < -0.4 is 0 Å². The zero-order valence-electron chi connectivity index (χ0n) is 14.0. The highest BCUT2D eigenvalue weighted by atomic mass is 32.2. The molecule has 2 heterocycles. The van der Waals surface area contributed by atoms with E-state index in [9.17, 15) is 8.42 Å². The molecule has 0 saturated heterocycles. The Bertz CT molecular complexity index is 1190. The number of fused-ring (bicyclic) bond motifs is 1. The highest BCUT2D eigenvalue weighted by Gasteiger charge is 2.12. The van der Waals surface area contributed by atoms with Gasteiger partial charge in [-0.1, -0.05) is 30.3 Å². The molecule has 0 saturated carbocycles. The van der Waals surface area contributed by atoms with Gasteiger partial charge >= 0.3 is 0 Å². The Labute approximate surface area is 151 Å².